The number of aliphatic hydroxyl groups is 1. The Bertz CT molecular complexity index is 528. The highest BCUT2D eigenvalue weighted by Crippen LogP contribution is 2.27. The molecule has 0 saturated heterocycles. The number of urea groups is 1. The van der Waals surface area contributed by atoms with Crippen LogP contribution in [0.4, 0.5) is 19.3 Å². The molecule has 0 spiro atoms. The Kier molecular flexibility index (Phi) is 6.15. The second kappa shape index (κ2) is 8.10. The van der Waals surface area contributed by atoms with Crippen molar-refractivity contribution in [2.75, 3.05) is 25.5 Å². The van der Waals surface area contributed by atoms with Gasteiger partial charge in [-0.25, -0.2) is 13.6 Å². The van der Waals surface area contributed by atoms with Gasteiger partial charge in [-0.2, -0.15) is 0 Å². The number of nitrogens with one attached hydrogen (secondary N) is 1. The monoisotopic (exact) mass is 328 g/mol. The minimum absolute atomic E-state index is 0.0797. The third-order valence-corrected chi connectivity index (χ3v) is 3.97. The molecule has 2 atom stereocenters. The number of hydrogen-bond acceptors (Lipinski definition) is 3. The maximum absolute atomic E-state index is 12.3. The van der Waals surface area contributed by atoms with E-state index in [9.17, 15) is 18.7 Å². The molecule has 1 aromatic rings. The summed E-state index contributed by atoms with van der Waals surface area (Å²) in [5, 5.41) is 12.5. The Balaban J connectivity index is 1.93. The molecule has 5 nitrogen and oxygen atoms in total. The molecule has 128 valence electrons. The Labute approximate surface area is 134 Å². The summed E-state index contributed by atoms with van der Waals surface area (Å²) in [6, 6.07) is 6.09. The molecular weight excluding hydrogens is 306 g/mol. The van der Waals surface area contributed by atoms with Gasteiger partial charge in [0.15, 0.2) is 0 Å². The fraction of sp³-hybridized carbons (Fsp3) is 0.562. The second-order valence-corrected chi connectivity index (χ2v) is 5.77. The third kappa shape index (κ3) is 5.06. The van der Waals surface area contributed by atoms with Crippen molar-refractivity contribution < 1.29 is 23.4 Å². The Morgan fingerprint density at radius 2 is 2.17 bits per heavy atom. The van der Waals surface area contributed by atoms with Crippen LogP contribution in [0.5, 0.6) is 5.75 Å². The topological polar surface area (TPSA) is 61.8 Å². The Morgan fingerprint density at radius 3 is 2.83 bits per heavy atom. The van der Waals surface area contributed by atoms with Gasteiger partial charge in [-0.05, 0) is 25.0 Å². The molecule has 2 amide bonds. The SMILES string of the molecule is CN(CC1CCCC1O)C(=O)Nc1ccccc1OCC(F)F. The molecule has 1 aliphatic carbocycles. The number of carbonyl (C=O) groups excluding carboxylic acids is 1. The number of aliphatic hydroxyl groups excluding tert-OH is 1. The number of halogens is 2. The van der Waals surface area contributed by atoms with E-state index in [1.807, 2.05) is 0 Å². The van der Waals surface area contributed by atoms with Gasteiger partial charge >= 0.3 is 6.03 Å². The molecule has 23 heavy (non-hydrogen) atoms. The van der Waals surface area contributed by atoms with E-state index in [1.54, 1.807) is 25.2 Å². The zero-order chi connectivity index (χ0) is 16.8. The number of ether oxygens (including phenoxy) is 1. The summed E-state index contributed by atoms with van der Waals surface area (Å²) >= 11 is 0. The van der Waals surface area contributed by atoms with E-state index < -0.39 is 13.0 Å². The summed E-state index contributed by atoms with van der Waals surface area (Å²) < 4.78 is 29.5. The average Bonchev–Trinajstić information content (AvgIpc) is 2.91. The standard InChI is InChI=1S/C16H22F2N2O3/c1-20(9-11-5-4-7-13(11)21)16(22)19-12-6-2-3-8-14(12)23-10-15(17)18/h2-3,6,8,11,13,15,21H,4-5,7,9-10H2,1H3,(H,19,22). The first-order valence-electron chi connectivity index (χ1n) is 7.67. The maximum Gasteiger partial charge on any atom is 0.321 e. The minimum Gasteiger partial charge on any atom is -0.485 e. The molecule has 1 aliphatic rings. The zero-order valence-electron chi connectivity index (χ0n) is 13.0. The first-order valence-corrected chi connectivity index (χ1v) is 7.67. The van der Waals surface area contributed by atoms with Crippen molar-refractivity contribution in [2.24, 2.45) is 5.92 Å². The fourth-order valence-corrected chi connectivity index (χ4v) is 2.72. The van der Waals surface area contributed by atoms with E-state index in [4.69, 9.17) is 4.74 Å². The summed E-state index contributed by atoms with van der Waals surface area (Å²) in [6.45, 7) is -0.274. The number of benzene rings is 1. The maximum atomic E-state index is 12.3. The van der Waals surface area contributed by atoms with Crippen LogP contribution in [0, 0.1) is 5.92 Å². The van der Waals surface area contributed by atoms with E-state index in [1.165, 1.54) is 11.0 Å². The van der Waals surface area contributed by atoms with Gasteiger partial charge in [0.05, 0.1) is 11.8 Å². The summed E-state index contributed by atoms with van der Waals surface area (Å²) in [6.07, 6.45) is -0.319. The molecule has 0 aliphatic heterocycles. The molecule has 1 aromatic carbocycles. The van der Waals surface area contributed by atoms with Crippen LogP contribution in [0.1, 0.15) is 19.3 Å². The molecular formula is C16H22F2N2O3. The van der Waals surface area contributed by atoms with Crippen molar-refractivity contribution in [2.45, 2.75) is 31.8 Å². The van der Waals surface area contributed by atoms with Gasteiger partial charge < -0.3 is 20.1 Å². The van der Waals surface area contributed by atoms with E-state index in [0.29, 0.717) is 12.2 Å². The van der Waals surface area contributed by atoms with Gasteiger partial charge in [-0.1, -0.05) is 18.6 Å². The first-order chi connectivity index (χ1) is 11.0. The first kappa shape index (κ1) is 17.5. The summed E-state index contributed by atoms with van der Waals surface area (Å²) in [5.41, 5.74) is 0.344. The lowest BCUT2D eigenvalue weighted by molar-refractivity contribution is 0.0822. The molecule has 1 saturated carbocycles. The molecule has 2 unspecified atom stereocenters. The molecule has 1 fully saturated rings. The van der Waals surface area contributed by atoms with E-state index in [2.05, 4.69) is 5.32 Å². The van der Waals surface area contributed by atoms with Gasteiger partial charge in [-0.3, -0.25) is 0 Å². The van der Waals surface area contributed by atoms with Crippen molar-refractivity contribution in [3.63, 3.8) is 0 Å². The van der Waals surface area contributed by atoms with Crippen LogP contribution in [0.15, 0.2) is 24.3 Å². The van der Waals surface area contributed by atoms with Crippen LogP contribution in [0.3, 0.4) is 0 Å². The third-order valence-electron chi connectivity index (χ3n) is 3.97. The van der Waals surface area contributed by atoms with Crippen molar-refractivity contribution in [3.8, 4) is 5.75 Å². The highest BCUT2D eigenvalue weighted by Gasteiger charge is 2.27. The van der Waals surface area contributed by atoms with E-state index in [0.717, 1.165) is 19.3 Å². The van der Waals surface area contributed by atoms with Gasteiger partial charge in [0.1, 0.15) is 12.4 Å². The number of alkyl halides is 2. The largest absolute Gasteiger partial charge is 0.485 e. The van der Waals surface area contributed by atoms with Crippen LogP contribution in [-0.2, 0) is 0 Å². The number of anilines is 1. The number of hydrogen-bond donors (Lipinski definition) is 2. The average molecular weight is 328 g/mol. The van der Waals surface area contributed by atoms with E-state index >= 15 is 0 Å². The van der Waals surface area contributed by atoms with Gasteiger partial charge in [0.25, 0.3) is 6.43 Å². The van der Waals surface area contributed by atoms with Crippen LogP contribution >= 0.6 is 0 Å². The zero-order valence-corrected chi connectivity index (χ0v) is 13.0. The lowest BCUT2D eigenvalue weighted by Gasteiger charge is -2.24. The molecule has 0 heterocycles. The highest BCUT2D eigenvalue weighted by molar-refractivity contribution is 5.90. The second-order valence-electron chi connectivity index (χ2n) is 5.77. The van der Waals surface area contributed by atoms with Crippen LogP contribution in [0.2, 0.25) is 0 Å². The van der Waals surface area contributed by atoms with Crippen molar-refractivity contribution >= 4 is 11.7 Å². The Morgan fingerprint density at radius 1 is 1.43 bits per heavy atom. The van der Waals surface area contributed by atoms with Gasteiger partial charge in [0.2, 0.25) is 0 Å². The molecule has 2 rings (SSSR count). The van der Waals surface area contributed by atoms with Crippen LogP contribution in [0.25, 0.3) is 0 Å². The predicted octanol–water partition coefficient (Wildman–Crippen LogP) is 2.96. The van der Waals surface area contributed by atoms with Gasteiger partial charge in [0, 0.05) is 19.5 Å². The normalized spacial score (nSPS) is 20.6. The highest BCUT2D eigenvalue weighted by atomic mass is 19.3. The van der Waals surface area contributed by atoms with Crippen LogP contribution < -0.4 is 10.1 Å². The predicted molar refractivity (Wildman–Crippen MR) is 82.9 cm³/mol. The molecule has 0 bridgehead atoms. The summed E-state index contributed by atoms with van der Waals surface area (Å²) in [7, 11) is 1.64. The number of nitrogens with zero attached hydrogens (tertiary/aromatic N) is 1. The summed E-state index contributed by atoms with van der Waals surface area (Å²) in [4.78, 5) is 13.7. The quantitative estimate of drug-likeness (QED) is 0.844. The van der Waals surface area contributed by atoms with Gasteiger partial charge in [-0.15, -0.1) is 0 Å². The van der Waals surface area contributed by atoms with Crippen molar-refractivity contribution in [3.05, 3.63) is 24.3 Å². The number of rotatable bonds is 6. The van der Waals surface area contributed by atoms with E-state index in [-0.39, 0.29) is 23.8 Å². The smallest absolute Gasteiger partial charge is 0.321 e. The molecule has 7 heteroatoms. The van der Waals surface area contributed by atoms with Crippen molar-refractivity contribution in [1.82, 2.24) is 4.90 Å². The molecule has 0 aromatic heterocycles. The van der Waals surface area contributed by atoms with Crippen LogP contribution in [-0.4, -0.2) is 48.8 Å². The van der Waals surface area contributed by atoms with Crippen molar-refractivity contribution in [1.29, 1.82) is 0 Å². The molecule has 2 N–H and O–H groups in total. The summed E-state index contributed by atoms with van der Waals surface area (Å²) in [5.74, 6) is 0.284. The fourth-order valence-electron chi connectivity index (χ4n) is 2.72. The number of para-hydroxylation sites is 2. The Hall–Kier alpha value is -1.89. The number of carbonyl (C=O) groups is 1. The lowest BCUT2D eigenvalue weighted by atomic mass is 10.1. The molecule has 0 radical (unpaired) electrons. The minimum atomic E-state index is -2.58. The lowest BCUT2D eigenvalue weighted by Crippen LogP contribution is -2.37. The number of amides is 2.